The maximum atomic E-state index is 12.6. The largest absolute Gasteiger partial charge is 0.347 e. The van der Waals surface area contributed by atoms with Gasteiger partial charge in [-0.2, -0.15) is 0 Å². The molecule has 0 aromatic carbocycles. The van der Waals surface area contributed by atoms with Crippen LogP contribution in [-0.4, -0.2) is 23.9 Å². The molecule has 0 spiro atoms. The van der Waals surface area contributed by atoms with Gasteiger partial charge in [0.25, 0.3) is 0 Å². The predicted molar refractivity (Wildman–Crippen MR) is 98.0 cm³/mol. The Hall–Kier alpha value is -1.17. The van der Waals surface area contributed by atoms with Crippen molar-refractivity contribution in [3.8, 4) is 0 Å². The van der Waals surface area contributed by atoms with E-state index in [9.17, 15) is 4.79 Å². The number of thiophene rings is 2. The summed E-state index contributed by atoms with van der Waals surface area (Å²) < 4.78 is 0. The summed E-state index contributed by atoms with van der Waals surface area (Å²) in [6, 6.07) is 6.41. The molecular formula is C18H24N2OS2. The van der Waals surface area contributed by atoms with Crippen LogP contribution in [0.3, 0.4) is 0 Å². The van der Waals surface area contributed by atoms with Gasteiger partial charge in [-0.05, 0) is 40.3 Å². The minimum atomic E-state index is 0.00292. The second-order valence-corrected chi connectivity index (χ2v) is 9.19. The van der Waals surface area contributed by atoms with Gasteiger partial charge >= 0.3 is 0 Å². The lowest BCUT2D eigenvalue weighted by Gasteiger charge is -2.32. The molecule has 0 bridgehead atoms. The molecule has 2 aromatic rings. The Morgan fingerprint density at radius 2 is 2.13 bits per heavy atom. The average molecular weight is 349 g/mol. The lowest BCUT2D eigenvalue weighted by molar-refractivity contribution is -0.124. The van der Waals surface area contributed by atoms with E-state index in [4.69, 9.17) is 0 Å². The molecule has 1 aliphatic heterocycles. The highest BCUT2D eigenvalue weighted by atomic mass is 32.1. The number of nitrogens with zero attached hydrogens (tertiary/aromatic N) is 1. The number of amides is 1. The smallest absolute Gasteiger partial charge is 0.234 e. The van der Waals surface area contributed by atoms with E-state index in [1.165, 1.54) is 15.3 Å². The van der Waals surface area contributed by atoms with Crippen LogP contribution in [0.5, 0.6) is 0 Å². The Kier molecular flexibility index (Phi) is 4.90. The molecule has 0 saturated carbocycles. The molecule has 1 unspecified atom stereocenters. The molecular weight excluding hydrogens is 324 g/mol. The molecule has 3 nitrogen and oxygen atoms in total. The van der Waals surface area contributed by atoms with Gasteiger partial charge in [-0.3, -0.25) is 9.69 Å². The fourth-order valence-corrected chi connectivity index (χ4v) is 4.93. The molecule has 1 aliphatic rings. The third kappa shape index (κ3) is 4.03. The lowest BCUT2D eigenvalue weighted by Crippen LogP contribution is -2.43. The van der Waals surface area contributed by atoms with E-state index < -0.39 is 0 Å². The summed E-state index contributed by atoms with van der Waals surface area (Å²) in [7, 11) is 0. The Balaban J connectivity index is 1.62. The molecule has 124 valence electrons. The second-order valence-electron chi connectivity index (χ2n) is 7.21. The number of carbonyl (C=O) groups excluding carboxylic acids is 1. The van der Waals surface area contributed by atoms with Crippen molar-refractivity contribution >= 4 is 28.6 Å². The minimum absolute atomic E-state index is 0.00292. The van der Waals surface area contributed by atoms with E-state index in [1.54, 1.807) is 11.3 Å². The maximum Gasteiger partial charge on any atom is 0.234 e. The van der Waals surface area contributed by atoms with Crippen LogP contribution >= 0.6 is 22.7 Å². The van der Waals surface area contributed by atoms with Gasteiger partial charge in [-0.25, -0.2) is 0 Å². The van der Waals surface area contributed by atoms with E-state index in [-0.39, 0.29) is 17.4 Å². The maximum absolute atomic E-state index is 12.6. The first-order valence-electron chi connectivity index (χ1n) is 8.04. The summed E-state index contributed by atoms with van der Waals surface area (Å²) in [4.78, 5) is 17.5. The zero-order valence-corrected chi connectivity index (χ0v) is 15.6. The molecule has 0 radical (unpaired) electrons. The number of fused-ring (bicyclic) bond motifs is 1. The van der Waals surface area contributed by atoms with E-state index in [0.29, 0.717) is 6.54 Å². The number of rotatable bonds is 4. The molecule has 1 N–H and O–H groups in total. The normalized spacial score (nSPS) is 16.8. The Morgan fingerprint density at radius 3 is 2.83 bits per heavy atom. The van der Waals surface area contributed by atoms with Crippen LogP contribution in [0.1, 0.15) is 42.1 Å². The molecule has 1 atom stereocenters. The minimum Gasteiger partial charge on any atom is -0.347 e. The Morgan fingerprint density at radius 1 is 1.30 bits per heavy atom. The van der Waals surface area contributed by atoms with Crippen LogP contribution in [0.4, 0.5) is 0 Å². The number of carbonyl (C=O) groups is 1. The van der Waals surface area contributed by atoms with Crippen LogP contribution in [0, 0.1) is 5.41 Å². The number of nitrogens with one attached hydrogen (secondary N) is 1. The van der Waals surface area contributed by atoms with Crippen LogP contribution in [0.2, 0.25) is 0 Å². The van der Waals surface area contributed by atoms with E-state index in [0.717, 1.165) is 19.5 Å². The van der Waals surface area contributed by atoms with Crippen molar-refractivity contribution < 1.29 is 4.79 Å². The highest BCUT2D eigenvalue weighted by molar-refractivity contribution is 7.10. The first-order valence-corrected chi connectivity index (χ1v) is 9.80. The summed E-state index contributed by atoms with van der Waals surface area (Å²) >= 11 is 3.54. The van der Waals surface area contributed by atoms with Crippen LogP contribution in [0.25, 0.3) is 0 Å². The fraction of sp³-hybridized carbons (Fsp3) is 0.500. The third-order valence-corrected chi connectivity index (χ3v) is 6.21. The first kappa shape index (κ1) is 16.7. The fourth-order valence-electron chi connectivity index (χ4n) is 3.02. The topological polar surface area (TPSA) is 32.3 Å². The molecule has 5 heteroatoms. The van der Waals surface area contributed by atoms with Crippen molar-refractivity contribution in [1.82, 2.24) is 10.2 Å². The van der Waals surface area contributed by atoms with E-state index in [1.807, 2.05) is 17.4 Å². The summed E-state index contributed by atoms with van der Waals surface area (Å²) in [6.45, 7) is 8.88. The summed E-state index contributed by atoms with van der Waals surface area (Å²) in [5.41, 5.74) is 1.39. The van der Waals surface area contributed by atoms with Crippen molar-refractivity contribution in [2.24, 2.45) is 5.41 Å². The molecule has 23 heavy (non-hydrogen) atoms. The summed E-state index contributed by atoms with van der Waals surface area (Å²) in [5.74, 6) is 0.122. The molecule has 3 heterocycles. The average Bonchev–Trinajstić information content (AvgIpc) is 3.14. The molecule has 0 aliphatic carbocycles. The van der Waals surface area contributed by atoms with Gasteiger partial charge in [0.1, 0.15) is 0 Å². The van der Waals surface area contributed by atoms with Crippen molar-refractivity contribution in [2.45, 2.75) is 39.8 Å². The van der Waals surface area contributed by atoms with Crippen LogP contribution in [-0.2, 0) is 17.8 Å². The Bertz CT molecular complexity index is 655. The monoisotopic (exact) mass is 348 g/mol. The summed E-state index contributed by atoms with van der Waals surface area (Å²) in [5, 5.41) is 7.48. The highest BCUT2D eigenvalue weighted by Gasteiger charge is 2.29. The van der Waals surface area contributed by atoms with Gasteiger partial charge in [0.05, 0.1) is 12.6 Å². The van der Waals surface area contributed by atoms with Gasteiger partial charge in [0.15, 0.2) is 0 Å². The quantitative estimate of drug-likeness (QED) is 0.903. The number of hydrogen-bond donors (Lipinski definition) is 1. The zero-order chi connectivity index (χ0) is 16.4. The van der Waals surface area contributed by atoms with E-state index >= 15 is 0 Å². The lowest BCUT2D eigenvalue weighted by atomic mass is 9.85. The van der Waals surface area contributed by atoms with Crippen molar-refractivity contribution in [2.75, 3.05) is 13.1 Å². The first-order chi connectivity index (χ1) is 10.9. The van der Waals surface area contributed by atoms with Gasteiger partial charge in [-0.1, -0.05) is 26.8 Å². The highest BCUT2D eigenvalue weighted by Crippen LogP contribution is 2.35. The second kappa shape index (κ2) is 6.75. The third-order valence-electron chi connectivity index (χ3n) is 4.25. The van der Waals surface area contributed by atoms with Gasteiger partial charge < -0.3 is 5.32 Å². The van der Waals surface area contributed by atoms with Gasteiger partial charge in [0, 0.05) is 22.8 Å². The van der Waals surface area contributed by atoms with Gasteiger partial charge in [-0.15, -0.1) is 22.7 Å². The van der Waals surface area contributed by atoms with Gasteiger partial charge in [0.2, 0.25) is 5.91 Å². The van der Waals surface area contributed by atoms with Crippen molar-refractivity contribution in [3.05, 3.63) is 44.3 Å². The van der Waals surface area contributed by atoms with Crippen LogP contribution < -0.4 is 5.32 Å². The van der Waals surface area contributed by atoms with Crippen LogP contribution in [0.15, 0.2) is 29.0 Å². The SMILES string of the molecule is CC(C)(C)C(NC(=O)CN1CCc2sccc2C1)c1cccs1. The van der Waals surface area contributed by atoms with E-state index in [2.05, 4.69) is 53.9 Å². The van der Waals surface area contributed by atoms with Crippen molar-refractivity contribution in [1.29, 1.82) is 0 Å². The molecule has 1 amide bonds. The molecule has 0 fully saturated rings. The zero-order valence-electron chi connectivity index (χ0n) is 14.0. The molecule has 2 aromatic heterocycles. The number of hydrogen-bond acceptors (Lipinski definition) is 4. The standard InChI is InChI=1S/C18H24N2OS2/c1-18(2,3)17(15-5-4-9-22-15)19-16(21)12-20-8-6-14-13(11-20)7-10-23-14/h4-5,7,9-10,17H,6,8,11-12H2,1-3H3,(H,19,21). The molecule has 3 rings (SSSR count). The molecule has 0 saturated heterocycles. The Labute approximate surface area is 146 Å². The van der Waals surface area contributed by atoms with Crippen molar-refractivity contribution in [3.63, 3.8) is 0 Å². The summed E-state index contributed by atoms with van der Waals surface area (Å²) in [6.07, 6.45) is 1.06. The predicted octanol–water partition coefficient (Wildman–Crippen LogP) is 4.07.